The van der Waals surface area contributed by atoms with E-state index < -0.39 is 5.97 Å². The first-order valence-corrected chi connectivity index (χ1v) is 10.4. The SMILES string of the molecule is CC[C@H](C(=O)OCC1CC1)[C@H](COC(=O)c1cccc(Cl)c1)Cc1cncn1C. The Morgan fingerprint density at radius 3 is 2.72 bits per heavy atom. The van der Waals surface area contributed by atoms with Crippen LogP contribution in [0.15, 0.2) is 36.8 Å². The van der Waals surface area contributed by atoms with E-state index in [2.05, 4.69) is 4.98 Å². The molecule has 1 aromatic carbocycles. The van der Waals surface area contributed by atoms with Crippen LogP contribution in [0.5, 0.6) is 0 Å². The summed E-state index contributed by atoms with van der Waals surface area (Å²) in [4.78, 5) is 29.3. The van der Waals surface area contributed by atoms with Crippen LogP contribution in [0.2, 0.25) is 5.02 Å². The fourth-order valence-corrected chi connectivity index (χ4v) is 3.52. The molecule has 0 amide bonds. The molecule has 2 aromatic rings. The Morgan fingerprint density at radius 2 is 2.10 bits per heavy atom. The van der Waals surface area contributed by atoms with Crippen LogP contribution in [-0.2, 0) is 27.7 Å². The molecule has 6 nitrogen and oxygen atoms in total. The third-order valence-corrected chi connectivity index (χ3v) is 5.58. The molecule has 0 saturated heterocycles. The van der Waals surface area contributed by atoms with Crippen molar-refractivity contribution in [2.45, 2.75) is 32.6 Å². The quantitative estimate of drug-likeness (QED) is 0.544. The summed E-state index contributed by atoms with van der Waals surface area (Å²) in [6, 6.07) is 6.63. The Bertz CT molecular complexity index is 847. The van der Waals surface area contributed by atoms with Crippen LogP contribution < -0.4 is 0 Å². The number of aromatic nitrogens is 2. The van der Waals surface area contributed by atoms with E-state index in [4.69, 9.17) is 21.1 Å². The maximum Gasteiger partial charge on any atom is 0.338 e. The second kappa shape index (κ2) is 9.92. The van der Waals surface area contributed by atoms with Gasteiger partial charge in [0.15, 0.2) is 0 Å². The van der Waals surface area contributed by atoms with Crippen molar-refractivity contribution in [1.29, 1.82) is 0 Å². The Morgan fingerprint density at radius 1 is 1.31 bits per heavy atom. The lowest BCUT2D eigenvalue weighted by Gasteiger charge is -2.25. The summed E-state index contributed by atoms with van der Waals surface area (Å²) in [7, 11) is 1.91. The Kier molecular flexibility index (Phi) is 7.31. The first-order chi connectivity index (χ1) is 14.0. The van der Waals surface area contributed by atoms with Crippen LogP contribution in [0.4, 0.5) is 0 Å². The number of carbonyl (C=O) groups is 2. The number of hydrogen-bond acceptors (Lipinski definition) is 5. The standard InChI is InChI=1S/C22H27ClN2O4/c1-3-20(22(27)28-12-15-7-8-15)17(10-19-11-24-14-25(19)2)13-29-21(26)16-5-4-6-18(23)9-16/h4-6,9,11,14-15,17,20H,3,7-8,10,12-13H2,1-2H3/t17-,20-/m0/s1. The second-order valence-electron chi connectivity index (χ2n) is 7.66. The van der Waals surface area contributed by atoms with Gasteiger partial charge in [-0.05, 0) is 49.8 Å². The van der Waals surface area contributed by atoms with Crippen LogP contribution in [-0.4, -0.2) is 34.7 Å². The molecule has 1 saturated carbocycles. The lowest BCUT2D eigenvalue weighted by molar-refractivity contribution is -0.152. The van der Waals surface area contributed by atoms with Crippen molar-refractivity contribution in [1.82, 2.24) is 9.55 Å². The second-order valence-corrected chi connectivity index (χ2v) is 8.09. The average Bonchev–Trinajstić information content (AvgIpc) is 3.46. The first-order valence-electron chi connectivity index (χ1n) is 10.0. The molecule has 2 atom stereocenters. The molecule has 3 rings (SSSR count). The Hall–Kier alpha value is -2.34. The number of aryl methyl sites for hydroxylation is 1. The molecule has 0 radical (unpaired) electrons. The van der Waals surface area contributed by atoms with E-state index >= 15 is 0 Å². The molecule has 1 fully saturated rings. The molecule has 0 N–H and O–H groups in total. The monoisotopic (exact) mass is 418 g/mol. The number of halogens is 1. The van der Waals surface area contributed by atoms with Gasteiger partial charge in [-0.2, -0.15) is 0 Å². The van der Waals surface area contributed by atoms with Crippen LogP contribution in [0.1, 0.15) is 42.2 Å². The molecule has 0 unspecified atom stereocenters. The lowest BCUT2D eigenvalue weighted by Crippen LogP contribution is -2.32. The number of esters is 2. The Labute approximate surface area is 176 Å². The predicted octanol–water partition coefficient (Wildman–Crippen LogP) is 4.07. The minimum absolute atomic E-state index is 0.119. The first kappa shape index (κ1) is 21.4. The average molecular weight is 419 g/mol. The highest BCUT2D eigenvalue weighted by Crippen LogP contribution is 2.30. The molecule has 156 valence electrons. The van der Waals surface area contributed by atoms with Gasteiger partial charge < -0.3 is 14.0 Å². The van der Waals surface area contributed by atoms with Crippen molar-refractivity contribution >= 4 is 23.5 Å². The molecule has 0 bridgehead atoms. The normalized spacial score (nSPS) is 15.6. The fraction of sp³-hybridized carbons (Fsp3) is 0.500. The molecule has 7 heteroatoms. The number of carbonyl (C=O) groups excluding carboxylic acids is 2. The van der Waals surface area contributed by atoms with E-state index in [1.54, 1.807) is 36.8 Å². The van der Waals surface area contributed by atoms with Crippen molar-refractivity contribution < 1.29 is 19.1 Å². The van der Waals surface area contributed by atoms with Crippen LogP contribution in [0.25, 0.3) is 0 Å². The van der Waals surface area contributed by atoms with Gasteiger partial charge in [-0.3, -0.25) is 4.79 Å². The molecule has 0 aliphatic heterocycles. The summed E-state index contributed by atoms with van der Waals surface area (Å²) >= 11 is 5.97. The number of imidazole rings is 1. The highest BCUT2D eigenvalue weighted by atomic mass is 35.5. The summed E-state index contributed by atoms with van der Waals surface area (Å²) < 4.78 is 13.0. The minimum atomic E-state index is -0.455. The third kappa shape index (κ3) is 6.07. The zero-order valence-corrected chi connectivity index (χ0v) is 17.6. The highest BCUT2D eigenvalue weighted by molar-refractivity contribution is 6.30. The zero-order valence-electron chi connectivity index (χ0n) is 16.8. The van der Waals surface area contributed by atoms with Crippen molar-refractivity contribution in [3.05, 3.63) is 53.1 Å². The maximum atomic E-state index is 12.7. The van der Waals surface area contributed by atoms with Crippen LogP contribution >= 0.6 is 11.6 Å². The van der Waals surface area contributed by atoms with Gasteiger partial charge >= 0.3 is 11.9 Å². The van der Waals surface area contributed by atoms with Gasteiger partial charge in [0.1, 0.15) is 0 Å². The van der Waals surface area contributed by atoms with Crippen molar-refractivity contribution in [3.63, 3.8) is 0 Å². The van der Waals surface area contributed by atoms with Crippen molar-refractivity contribution in [2.75, 3.05) is 13.2 Å². The van der Waals surface area contributed by atoms with E-state index in [0.717, 1.165) is 18.5 Å². The summed E-state index contributed by atoms with van der Waals surface area (Å²) in [6.45, 7) is 2.56. The fourth-order valence-electron chi connectivity index (χ4n) is 3.33. The zero-order chi connectivity index (χ0) is 20.8. The topological polar surface area (TPSA) is 70.4 Å². The van der Waals surface area contributed by atoms with Gasteiger partial charge in [-0.25, -0.2) is 9.78 Å². The number of hydrogen-bond donors (Lipinski definition) is 0. The van der Waals surface area contributed by atoms with E-state index in [9.17, 15) is 9.59 Å². The molecule has 1 heterocycles. The maximum absolute atomic E-state index is 12.7. The lowest BCUT2D eigenvalue weighted by atomic mass is 9.87. The summed E-state index contributed by atoms with van der Waals surface area (Å²) in [6.07, 6.45) is 6.92. The van der Waals surface area contributed by atoms with Crippen LogP contribution in [0.3, 0.4) is 0 Å². The number of nitrogens with zero attached hydrogens (tertiary/aromatic N) is 2. The molecule has 29 heavy (non-hydrogen) atoms. The third-order valence-electron chi connectivity index (χ3n) is 5.35. The number of benzene rings is 1. The summed E-state index contributed by atoms with van der Waals surface area (Å²) in [5, 5.41) is 0.473. The van der Waals surface area contributed by atoms with E-state index in [1.165, 1.54) is 0 Å². The van der Waals surface area contributed by atoms with Gasteiger partial charge in [-0.1, -0.05) is 24.6 Å². The largest absolute Gasteiger partial charge is 0.465 e. The summed E-state index contributed by atoms with van der Waals surface area (Å²) in [5.41, 5.74) is 1.36. The van der Waals surface area contributed by atoms with Crippen molar-refractivity contribution in [3.8, 4) is 0 Å². The molecule has 0 spiro atoms. The van der Waals surface area contributed by atoms with Gasteiger partial charge in [0.25, 0.3) is 0 Å². The molecule has 1 aromatic heterocycles. The number of rotatable bonds is 10. The molecular weight excluding hydrogens is 392 g/mol. The molecule has 1 aliphatic rings. The predicted molar refractivity (Wildman–Crippen MR) is 110 cm³/mol. The van der Waals surface area contributed by atoms with E-state index in [-0.39, 0.29) is 24.4 Å². The van der Waals surface area contributed by atoms with E-state index in [0.29, 0.717) is 36.0 Å². The number of ether oxygens (including phenoxy) is 2. The minimum Gasteiger partial charge on any atom is -0.465 e. The van der Waals surface area contributed by atoms with Crippen LogP contribution in [0, 0.1) is 17.8 Å². The van der Waals surface area contributed by atoms with E-state index in [1.807, 2.05) is 18.5 Å². The molecular formula is C22H27ClN2O4. The summed E-state index contributed by atoms with van der Waals surface area (Å²) in [5.74, 6) is -0.720. The smallest absolute Gasteiger partial charge is 0.338 e. The molecule has 1 aliphatic carbocycles. The van der Waals surface area contributed by atoms with Gasteiger partial charge in [0, 0.05) is 29.9 Å². The van der Waals surface area contributed by atoms with Gasteiger partial charge in [-0.15, -0.1) is 0 Å². The van der Waals surface area contributed by atoms with Gasteiger partial charge in [0.05, 0.1) is 31.0 Å². The highest BCUT2D eigenvalue weighted by Gasteiger charge is 2.32. The van der Waals surface area contributed by atoms with Gasteiger partial charge in [0.2, 0.25) is 0 Å². The van der Waals surface area contributed by atoms with Crippen molar-refractivity contribution in [2.24, 2.45) is 24.8 Å². The Balaban J connectivity index is 1.69.